The van der Waals surface area contributed by atoms with Crippen LogP contribution in [-0.2, 0) is 5.41 Å². The molecule has 0 unspecified atom stereocenters. The van der Waals surface area contributed by atoms with Crippen molar-refractivity contribution >= 4 is 15.9 Å². The van der Waals surface area contributed by atoms with Crippen LogP contribution in [0, 0.1) is 0 Å². The van der Waals surface area contributed by atoms with E-state index in [1.54, 1.807) is 6.07 Å². The zero-order valence-electron chi connectivity index (χ0n) is 13.1. The summed E-state index contributed by atoms with van der Waals surface area (Å²) in [7, 11) is 0. The molecule has 0 N–H and O–H groups in total. The molecule has 21 heavy (non-hydrogen) atoms. The highest BCUT2D eigenvalue weighted by Crippen LogP contribution is 2.27. The normalized spacial score (nSPS) is 11.8. The fourth-order valence-electron chi connectivity index (χ4n) is 1.87. The third-order valence-corrected chi connectivity index (χ3v) is 3.55. The van der Waals surface area contributed by atoms with E-state index < -0.39 is 0 Å². The summed E-state index contributed by atoms with van der Waals surface area (Å²) in [5.74, 6) is 2.37. The zero-order valence-corrected chi connectivity index (χ0v) is 14.7. The van der Waals surface area contributed by atoms with Gasteiger partial charge in [0.25, 0.3) is 0 Å². The van der Waals surface area contributed by atoms with E-state index in [4.69, 9.17) is 4.74 Å². The molecule has 1 aromatic heterocycles. The van der Waals surface area contributed by atoms with Gasteiger partial charge >= 0.3 is 0 Å². The maximum atomic E-state index is 5.84. The van der Waals surface area contributed by atoms with Crippen molar-refractivity contribution in [1.29, 1.82) is 0 Å². The number of ether oxygens (including phenoxy) is 1. The predicted octanol–water partition coefficient (Wildman–Crippen LogP) is 5.45. The highest BCUT2D eigenvalue weighted by Gasteiger charge is 2.13. The zero-order chi connectivity index (χ0) is 15.6. The summed E-state index contributed by atoms with van der Waals surface area (Å²) in [6.45, 7) is 10.7. The highest BCUT2D eigenvalue weighted by molar-refractivity contribution is 9.10. The van der Waals surface area contributed by atoms with Crippen LogP contribution in [0.1, 0.15) is 51.9 Å². The van der Waals surface area contributed by atoms with Crippen molar-refractivity contribution in [2.24, 2.45) is 0 Å². The van der Waals surface area contributed by atoms with Crippen LogP contribution in [0.25, 0.3) is 0 Å². The first kappa shape index (κ1) is 16.0. The highest BCUT2D eigenvalue weighted by atomic mass is 79.9. The quantitative estimate of drug-likeness (QED) is 0.691. The lowest BCUT2D eigenvalue weighted by Crippen LogP contribution is -2.10. The Labute approximate surface area is 134 Å². The van der Waals surface area contributed by atoms with Crippen molar-refractivity contribution in [2.45, 2.75) is 46.0 Å². The fourth-order valence-corrected chi connectivity index (χ4v) is 2.25. The molecule has 0 saturated heterocycles. The topological polar surface area (TPSA) is 35.0 Å². The molecule has 112 valence electrons. The summed E-state index contributed by atoms with van der Waals surface area (Å²) in [6.07, 6.45) is 0. The van der Waals surface area contributed by atoms with E-state index in [-0.39, 0.29) is 11.3 Å². The van der Waals surface area contributed by atoms with Gasteiger partial charge in [0, 0.05) is 12.0 Å². The van der Waals surface area contributed by atoms with Crippen LogP contribution in [0.4, 0.5) is 0 Å². The smallest absolute Gasteiger partial charge is 0.223 e. The first-order chi connectivity index (χ1) is 9.75. The molecule has 0 atom stereocenters. The monoisotopic (exact) mass is 348 g/mol. The second kappa shape index (κ2) is 6.14. The minimum absolute atomic E-state index is 0.140. The maximum absolute atomic E-state index is 5.84. The lowest BCUT2D eigenvalue weighted by molar-refractivity contribution is 0.455. The molecule has 0 spiro atoms. The molecule has 4 heteroatoms. The molecule has 0 fully saturated rings. The maximum Gasteiger partial charge on any atom is 0.223 e. The van der Waals surface area contributed by atoms with Crippen LogP contribution in [-0.4, -0.2) is 9.97 Å². The van der Waals surface area contributed by atoms with Gasteiger partial charge in [-0.1, -0.05) is 46.8 Å². The first-order valence-electron chi connectivity index (χ1n) is 7.08. The van der Waals surface area contributed by atoms with Crippen LogP contribution >= 0.6 is 15.9 Å². The average Bonchev–Trinajstić information content (AvgIpc) is 2.37. The lowest BCUT2D eigenvalue weighted by Gasteiger charge is -2.19. The summed E-state index contributed by atoms with van der Waals surface area (Å²) in [6, 6.07) is 9.92. The molecule has 0 radical (unpaired) electrons. The van der Waals surface area contributed by atoms with Gasteiger partial charge in [0.15, 0.2) is 0 Å². The van der Waals surface area contributed by atoms with E-state index >= 15 is 0 Å². The molecule has 0 saturated carbocycles. The van der Waals surface area contributed by atoms with Crippen LogP contribution in [0.2, 0.25) is 0 Å². The van der Waals surface area contributed by atoms with Crippen molar-refractivity contribution < 1.29 is 4.74 Å². The third-order valence-electron chi connectivity index (χ3n) is 3.15. The Hall–Kier alpha value is -1.42. The van der Waals surface area contributed by atoms with Crippen LogP contribution < -0.4 is 4.74 Å². The Kier molecular flexibility index (Phi) is 4.67. The van der Waals surface area contributed by atoms with E-state index in [9.17, 15) is 0 Å². The van der Waals surface area contributed by atoms with Gasteiger partial charge in [0.05, 0.1) is 0 Å². The number of hydrogen-bond donors (Lipinski definition) is 0. The van der Waals surface area contributed by atoms with Crippen molar-refractivity contribution in [2.75, 3.05) is 0 Å². The van der Waals surface area contributed by atoms with Crippen molar-refractivity contribution in [3.8, 4) is 11.6 Å². The van der Waals surface area contributed by atoms with Crippen molar-refractivity contribution in [3.63, 3.8) is 0 Å². The number of benzene rings is 1. The van der Waals surface area contributed by atoms with Gasteiger partial charge in [-0.25, -0.2) is 4.98 Å². The summed E-state index contributed by atoms with van der Waals surface area (Å²) >= 11 is 3.40. The molecule has 0 aliphatic rings. The Morgan fingerprint density at radius 2 is 1.67 bits per heavy atom. The average molecular weight is 349 g/mol. The van der Waals surface area contributed by atoms with E-state index in [2.05, 4.69) is 72.6 Å². The molecular formula is C17H21BrN2O. The Morgan fingerprint density at radius 3 is 2.19 bits per heavy atom. The molecule has 0 amide bonds. The van der Waals surface area contributed by atoms with Gasteiger partial charge in [0.2, 0.25) is 5.88 Å². The molecule has 2 rings (SSSR count). The first-order valence-corrected chi connectivity index (χ1v) is 7.88. The number of halogens is 1. The van der Waals surface area contributed by atoms with Gasteiger partial charge in [-0.05, 0) is 39.0 Å². The van der Waals surface area contributed by atoms with Gasteiger partial charge in [-0.15, -0.1) is 0 Å². The third kappa shape index (κ3) is 4.27. The second-order valence-electron chi connectivity index (χ2n) is 6.42. The molecule has 0 aliphatic carbocycles. The van der Waals surface area contributed by atoms with Crippen LogP contribution in [0.5, 0.6) is 11.6 Å². The van der Waals surface area contributed by atoms with Gasteiger partial charge in [0.1, 0.15) is 16.2 Å². The van der Waals surface area contributed by atoms with E-state index in [1.165, 1.54) is 5.56 Å². The Bertz CT molecular complexity index is 616. The van der Waals surface area contributed by atoms with Crippen LogP contribution in [0.3, 0.4) is 0 Å². The summed E-state index contributed by atoms with van der Waals surface area (Å²) in [4.78, 5) is 8.78. The standard InChI is InChI=1S/C17H21BrN2O/c1-11(2)16-19-14(18)10-15(20-16)21-13-8-6-12(7-9-13)17(3,4)5/h6-11H,1-5H3. The van der Waals surface area contributed by atoms with E-state index in [0.29, 0.717) is 5.88 Å². The summed E-state index contributed by atoms with van der Waals surface area (Å²) < 4.78 is 6.57. The minimum Gasteiger partial charge on any atom is -0.439 e. The molecular weight excluding hydrogens is 328 g/mol. The largest absolute Gasteiger partial charge is 0.439 e. The number of nitrogens with zero attached hydrogens (tertiary/aromatic N) is 2. The molecule has 0 bridgehead atoms. The SMILES string of the molecule is CC(C)c1nc(Br)cc(Oc2ccc(C(C)(C)C)cc2)n1. The molecule has 1 aromatic carbocycles. The molecule has 2 aromatic rings. The van der Waals surface area contributed by atoms with E-state index in [0.717, 1.165) is 16.2 Å². The van der Waals surface area contributed by atoms with Gasteiger partial charge in [-0.2, -0.15) is 4.98 Å². The fraction of sp³-hybridized carbons (Fsp3) is 0.412. The molecule has 0 aliphatic heterocycles. The predicted molar refractivity (Wildman–Crippen MR) is 89.0 cm³/mol. The van der Waals surface area contributed by atoms with Crippen LogP contribution in [0.15, 0.2) is 34.9 Å². The summed E-state index contributed by atoms with van der Waals surface area (Å²) in [5.41, 5.74) is 1.42. The van der Waals surface area contributed by atoms with Crippen molar-refractivity contribution in [3.05, 3.63) is 46.3 Å². The van der Waals surface area contributed by atoms with Gasteiger partial charge < -0.3 is 4.74 Å². The Balaban J connectivity index is 2.22. The second-order valence-corrected chi connectivity index (χ2v) is 7.23. The van der Waals surface area contributed by atoms with Crippen molar-refractivity contribution in [1.82, 2.24) is 9.97 Å². The minimum atomic E-state index is 0.140. The number of aromatic nitrogens is 2. The summed E-state index contributed by atoms with van der Waals surface area (Å²) in [5, 5.41) is 0. The number of rotatable bonds is 3. The number of hydrogen-bond acceptors (Lipinski definition) is 3. The Morgan fingerprint density at radius 1 is 1.05 bits per heavy atom. The lowest BCUT2D eigenvalue weighted by atomic mass is 9.87. The molecule has 3 nitrogen and oxygen atoms in total. The van der Waals surface area contributed by atoms with Gasteiger partial charge in [-0.3, -0.25) is 0 Å². The van der Waals surface area contributed by atoms with E-state index in [1.807, 2.05) is 12.1 Å². The molecule has 1 heterocycles.